The third-order valence-corrected chi connectivity index (χ3v) is 5.76. The molecular formula is C22H24FN3O2. The number of hydrazine groups is 1. The second-order valence-corrected chi connectivity index (χ2v) is 7.49. The number of rotatable bonds is 4. The van der Waals surface area contributed by atoms with E-state index in [2.05, 4.69) is 10.9 Å². The van der Waals surface area contributed by atoms with Crippen molar-refractivity contribution in [1.82, 2.24) is 15.8 Å². The summed E-state index contributed by atoms with van der Waals surface area (Å²) in [4.78, 5) is 27.6. The first-order chi connectivity index (χ1) is 13.6. The lowest BCUT2D eigenvalue weighted by Crippen LogP contribution is -2.44. The molecule has 0 spiro atoms. The van der Waals surface area contributed by atoms with Gasteiger partial charge in [0, 0.05) is 31.1 Å². The Morgan fingerprint density at radius 2 is 1.64 bits per heavy atom. The van der Waals surface area contributed by atoms with Crippen LogP contribution in [0.4, 0.5) is 4.39 Å². The second kappa shape index (κ2) is 8.20. The van der Waals surface area contributed by atoms with Crippen LogP contribution in [0.5, 0.6) is 0 Å². The van der Waals surface area contributed by atoms with E-state index in [-0.39, 0.29) is 35.4 Å². The largest absolute Gasteiger partial charge is 0.342 e. The molecule has 2 atom stereocenters. The minimum Gasteiger partial charge on any atom is -0.342 e. The van der Waals surface area contributed by atoms with Crippen LogP contribution in [-0.2, 0) is 4.79 Å². The average molecular weight is 381 g/mol. The first kappa shape index (κ1) is 18.8. The summed E-state index contributed by atoms with van der Waals surface area (Å²) >= 11 is 0. The number of benzene rings is 2. The Morgan fingerprint density at radius 1 is 0.964 bits per heavy atom. The molecule has 2 aromatic rings. The molecule has 2 aliphatic rings. The topological polar surface area (TPSA) is 61.4 Å². The molecule has 5 nitrogen and oxygen atoms in total. The lowest BCUT2D eigenvalue weighted by atomic mass is 9.87. The van der Waals surface area contributed by atoms with Gasteiger partial charge in [0.2, 0.25) is 5.91 Å². The van der Waals surface area contributed by atoms with E-state index < -0.39 is 0 Å². The number of hydrogen-bond donors (Lipinski definition) is 2. The molecule has 2 N–H and O–H groups in total. The fraction of sp³-hybridized carbons (Fsp3) is 0.364. The Labute approximate surface area is 163 Å². The molecule has 2 saturated heterocycles. The molecule has 28 heavy (non-hydrogen) atoms. The van der Waals surface area contributed by atoms with Gasteiger partial charge < -0.3 is 4.90 Å². The summed E-state index contributed by atoms with van der Waals surface area (Å²) in [6.07, 6.45) is 1.38. The minimum absolute atomic E-state index is 0.0285. The number of carbonyl (C=O) groups excluding carboxylic acids is 2. The average Bonchev–Trinajstić information content (AvgIpc) is 3.24. The van der Waals surface area contributed by atoms with Crippen molar-refractivity contribution in [2.24, 2.45) is 11.8 Å². The minimum atomic E-state index is -0.289. The zero-order valence-corrected chi connectivity index (χ0v) is 15.6. The monoisotopic (exact) mass is 381 g/mol. The van der Waals surface area contributed by atoms with E-state index >= 15 is 0 Å². The van der Waals surface area contributed by atoms with E-state index in [1.165, 1.54) is 12.1 Å². The van der Waals surface area contributed by atoms with E-state index in [4.69, 9.17) is 0 Å². The molecule has 0 radical (unpaired) electrons. The van der Waals surface area contributed by atoms with Gasteiger partial charge in [0.1, 0.15) is 5.82 Å². The number of likely N-dealkylation sites (tertiary alicyclic amines) is 1. The number of amides is 1. The Balaban J connectivity index is 1.38. The number of Topliss-reactive ketones (excluding diaryl/α,β-unsaturated/α-hetero) is 1. The van der Waals surface area contributed by atoms with E-state index in [1.54, 1.807) is 12.1 Å². The SMILES string of the molecule is O=C(c1ccccc1)C1CCN(C(=O)C2CNNC2c2ccc(F)cc2)CC1. The fourth-order valence-electron chi connectivity index (χ4n) is 4.15. The normalized spacial score (nSPS) is 23.0. The maximum atomic E-state index is 13.2. The zero-order valence-electron chi connectivity index (χ0n) is 15.6. The van der Waals surface area contributed by atoms with Crippen LogP contribution in [0.15, 0.2) is 54.6 Å². The number of halogens is 1. The van der Waals surface area contributed by atoms with E-state index in [1.807, 2.05) is 35.2 Å². The smallest absolute Gasteiger partial charge is 0.229 e. The van der Waals surface area contributed by atoms with Crippen molar-refractivity contribution in [2.45, 2.75) is 18.9 Å². The van der Waals surface area contributed by atoms with Gasteiger partial charge in [-0.15, -0.1) is 0 Å². The third kappa shape index (κ3) is 3.84. The quantitative estimate of drug-likeness (QED) is 0.800. The van der Waals surface area contributed by atoms with Gasteiger partial charge in [-0.1, -0.05) is 42.5 Å². The first-order valence-electron chi connectivity index (χ1n) is 9.75. The Kier molecular flexibility index (Phi) is 5.50. The third-order valence-electron chi connectivity index (χ3n) is 5.76. The molecule has 2 unspecified atom stereocenters. The van der Waals surface area contributed by atoms with Gasteiger partial charge in [0.15, 0.2) is 5.78 Å². The number of carbonyl (C=O) groups is 2. The molecule has 2 aliphatic heterocycles. The van der Waals surface area contributed by atoms with Crippen molar-refractivity contribution in [3.05, 3.63) is 71.5 Å². The van der Waals surface area contributed by atoms with Crippen LogP contribution < -0.4 is 10.9 Å². The van der Waals surface area contributed by atoms with Crippen molar-refractivity contribution < 1.29 is 14.0 Å². The Hall–Kier alpha value is -2.57. The van der Waals surface area contributed by atoms with Crippen LogP contribution in [0, 0.1) is 17.7 Å². The zero-order chi connectivity index (χ0) is 19.5. The summed E-state index contributed by atoms with van der Waals surface area (Å²) in [5.74, 6) is -0.313. The van der Waals surface area contributed by atoms with Crippen molar-refractivity contribution >= 4 is 11.7 Å². The summed E-state index contributed by atoms with van der Waals surface area (Å²) in [5, 5.41) is 0. The van der Waals surface area contributed by atoms with Crippen LogP contribution in [-0.4, -0.2) is 36.2 Å². The summed E-state index contributed by atoms with van der Waals surface area (Å²) in [7, 11) is 0. The van der Waals surface area contributed by atoms with Gasteiger partial charge >= 0.3 is 0 Å². The molecule has 6 heteroatoms. The summed E-state index contributed by atoms with van der Waals surface area (Å²) in [6.45, 7) is 1.72. The molecule has 2 heterocycles. The lowest BCUT2D eigenvalue weighted by molar-refractivity contribution is -0.136. The highest BCUT2D eigenvalue weighted by Gasteiger charge is 2.38. The molecule has 1 amide bonds. The van der Waals surface area contributed by atoms with Gasteiger partial charge in [-0.25, -0.2) is 9.82 Å². The van der Waals surface area contributed by atoms with Crippen LogP contribution >= 0.6 is 0 Å². The van der Waals surface area contributed by atoms with E-state index in [0.717, 1.165) is 11.1 Å². The van der Waals surface area contributed by atoms with Crippen LogP contribution in [0.2, 0.25) is 0 Å². The van der Waals surface area contributed by atoms with Crippen molar-refractivity contribution in [2.75, 3.05) is 19.6 Å². The summed E-state index contributed by atoms with van der Waals surface area (Å²) in [5.41, 5.74) is 7.83. The fourth-order valence-corrected chi connectivity index (χ4v) is 4.15. The molecule has 0 bridgehead atoms. The summed E-state index contributed by atoms with van der Waals surface area (Å²) in [6, 6.07) is 15.4. The Bertz CT molecular complexity index is 833. The van der Waals surface area contributed by atoms with Crippen molar-refractivity contribution in [3.63, 3.8) is 0 Å². The predicted molar refractivity (Wildman–Crippen MR) is 104 cm³/mol. The predicted octanol–water partition coefficient (Wildman–Crippen LogP) is 2.71. The van der Waals surface area contributed by atoms with Crippen molar-refractivity contribution in [3.8, 4) is 0 Å². The second-order valence-electron chi connectivity index (χ2n) is 7.49. The lowest BCUT2D eigenvalue weighted by Gasteiger charge is -2.34. The van der Waals surface area contributed by atoms with Gasteiger partial charge in [0.25, 0.3) is 0 Å². The molecular weight excluding hydrogens is 357 g/mol. The molecule has 2 fully saturated rings. The van der Waals surface area contributed by atoms with Crippen molar-refractivity contribution in [1.29, 1.82) is 0 Å². The van der Waals surface area contributed by atoms with Crippen LogP contribution in [0.3, 0.4) is 0 Å². The number of nitrogens with one attached hydrogen (secondary N) is 2. The van der Waals surface area contributed by atoms with Gasteiger partial charge in [-0.2, -0.15) is 0 Å². The Morgan fingerprint density at radius 3 is 2.32 bits per heavy atom. The molecule has 0 aliphatic carbocycles. The van der Waals surface area contributed by atoms with Gasteiger partial charge in [-0.05, 0) is 30.5 Å². The molecule has 146 valence electrons. The standard InChI is InChI=1S/C22H24FN3O2/c23-18-8-6-15(7-9-18)20-19(14-24-25-20)22(28)26-12-10-17(11-13-26)21(27)16-4-2-1-3-5-16/h1-9,17,19-20,24-25H,10-14H2. The summed E-state index contributed by atoms with van der Waals surface area (Å²) < 4.78 is 13.2. The van der Waals surface area contributed by atoms with Gasteiger partial charge in [0.05, 0.1) is 12.0 Å². The highest BCUT2D eigenvalue weighted by atomic mass is 19.1. The van der Waals surface area contributed by atoms with E-state index in [9.17, 15) is 14.0 Å². The highest BCUT2D eigenvalue weighted by Crippen LogP contribution is 2.29. The van der Waals surface area contributed by atoms with Gasteiger partial charge in [-0.3, -0.25) is 15.0 Å². The van der Waals surface area contributed by atoms with Crippen LogP contribution in [0.25, 0.3) is 0 Å². The maximum Gasteiger partial charge on any atom is 0.229 e. The number of piperidine rings is 1. The number of hydrogen-bond acceptors (Lipinski definition) is 4. The molecule has 0 saturated carbocycles. The van der Waals surface area contributed by atoms with Crippen LogP contribution in [0.1, 0.15) is 34.8 Å². The number of nitrogens with zero attached hydrogens (tertiary/aromatic N) is 1. The number of ketones is 1. The molecule has 2 aromatic carbocycles. The highest BCUT2D eigenvalue weighted by molar-refractivity contribution is 5.98. The van der Waals surface area contributed by atoms with E-state index in [0.29, 0.717) is 32.5 Å². The molecule has 4 rings (SSSR count). The molecule has 0 aromatic heterocycles. The first-order valence-corrected chi connectivity index (χ1v) is 9.75. The maximum absolute atomic E-state index is 13.2.